The van der Waals surface area contributed by atoms with Gasteiger partial charge in [0.15, 0.2) is 10.8 Å². The maximum absolute atomic E-state index is 12.9. The number of benzene rings is 2. The van der Waals surface area contributed by atoms with Gasteiger partial charge in [0, 0.05) is 12.5 Å². The standard InChI is InChI=1S/C30H35ClN4O3Si/c1-29(2,3)39(23-13-7-5-8-14-23,24-15-9-6-10-16-24)38-19-22-12-11-17-30(22,18-25(36)37-4)35-21-34-26-27(31)32-20-33-28(26)35/h5-10,13-16,20-22H,11-12,17-19H2,1-4H3/t22-,30+/m0/s1. The van der Waals surface area contributed by atoms with E-state index in [0.29, 0.717) is 22.9 Å². The molecule has 0 radical (unpaired) electrons. The van der Waals surface area contributed by atoms with Crippen molar-refractivity contribution < 1.29 is 14.0 Å². The molecule has 2 aromatic heterocycles. The van der Waals surface area contributed by atoms with Gasteiger partial charge in [-0.1, -0.05) is 99.5 Å². The van der Waals surface area contributed by atoms with Gasteiger partial charge in [0.2, 0.25) is 0 Å². The number of carbonyl (C=O) groups excluding carboxylic acids is 1. The highest BCUT2D eigenvalue weighted by Crippen LogP contribution is 2.47. The average molecular weight is 563 g/mol. The summed E-state index contributed by atoms with van der Waals surface area (Å²) in [5.41, 5.74) is 0.545. The van der Waals surface area contributed by atoms with Crippen LogP contribution in [0.25, 0.3) is 11.2 Å². The van der Waals surface area contributed by atoms with Gasteiger partial charge >= 0.3 is 5.97 Å². The van der Waals surface area contributed by atoms with Crippen molar-refractivity contribution in [3.05, 3.63) is 78.5 Å². The zero-order valence-corrected chi connectivity index (χ0v) is 24.7. The molecule has 5 rings (SSSR count). The van der Waals surface area contributed by atoms with Gasteiger partial charge in [0.1, 0.15) is 11.8 Å². The molecule has 0 unspecified atom stereocenters. The Morgan fingerprint density at radius 1 is 1.05 bits per heavy atom. The molecule has 0 aliphatic heterocycles. The van der Waals surface area contributed by atoms with Crippen LogP contribution in [0.15, 0.2) is 73.3 Å². The lowest BCUT2D eigenvalue weighted by molar-refractivity contribution is -0.143. The van der Waals surface area contributed by atoms with Crippen LogP contribution in [0.1, 0.15) is 46.5 Å². The van der Waals surface area contributed by atoms with E-state index in [1.54, 1.807) is 6.33 Å². The fourth-order valence-electron chi connectivity index (χ4n) is 6.44. The van der Waals surface area contributed by atoms with Crippen molar-refractivity contribution in [2.45, 2.75) is 57.0 Å². The molecular formula is C30H35ClN4O3Si. The summed E-state index contributed by atoms with van der Waals surface area (Å²) >= 11 is 6.36. The quantitative estimate of drug-likeness (QED) is 0.169. The zero-order chi connectivity index (χ0) is 27.7. The summed E-state index contributed by atoms with van der Waals surface area (Å²) in [5, 5.41) is 2.60. The number of nitrogens with zero attached hydrogens (tertiary/aromatic N) is 4. The Morgan fingerprint density at radius 3 is 2.28 bits per heavy atom. The molecule has 0 amide bonds. The van der Waals surface area contributed by atoms with Crippen molar-refractivity contribution in [2.75, 3.05) is 13.7 Å². The van der Waals surface area contributed by atoms with Crippen LogP contribution < -0.4 is 10.4 Å². The predicted molar refractivity (Wildman–Crippen MR) is 156 cm³/mol. The van der Waals surface area contributed by atoms with Crippen LogP contribution in [0.5, 0.6) is 0 Å². The SMILES string of the molecule is COC(=O)C[C@]1(n2cnc3c(Cl)ncnc32)CCC[C@H]1CO[Si](c1ccccc1)(c1ccccc1)C(C)(C)C. The molecule has 0 spiro atoms. The van der Waals surface area contributed by atoms with Crippen molar-refractivity contribution >= 4 is 47.4 Å². The molecule has 39 heavy (non-hydrogen) atoms. The van der Waals surface area contributed by atoms with E-state index in [1.165, 1.54) is 23.8 Å². The lowest BCUT2D eigenvalue weighted by Gasteiger charge is -2.45. The van der Waals surface area contributed by atoms with Crippen molar-refractivity contribution in [1.82, 2.24) is 19.5 Å². The molecule has 4 aromatic rings. The van der Waals surface area contributed by atoms with Gasteiger partial charge in [0.05, 0.1) is 25.4 Å². The Morgan fingerprint density at radius 2 is 1.69 bits per heavy atom. The summed E-state index contributed by atoms with van der Waals surface area (Å²) in [6, 6.07) is 21.2. The number of aromatic nitrogens is 4. The van der Waals surface area contributed by atoms with E-state index in [9.17, 15) is 4.79 Å². The van der Waals surface area contributed by atoms with Crippen molar-refractivity contribution in [3.63, 3.8) is 0 Å². The number of carbonyl (C=O) groups is 1. The fraction of sp³-hybridized carbons (Fsp3) is 0.400. The maximum atomic E-state index is 12.9. The predicted octanol–water partition coefficient (Wildman–Crippen LogP) is 5.11. The summed E-state index contributed by atoms with van der Waals surface area (Å²) in [7, 11) is -1.33. The molecule has 204 valence electrons. The molecule has 2 heterocycles. The Balaban J connectivity index is 1.61. The first-order chi connectivity index (χ1) is 18.7. The van der Waals surface area contributed by atoms with Crippen LogP contribution in [0.3, 0.4) is 0 Å². The fourth-order valence-corrected chi connectivity index (χ4v) is 11.2. The van der Waals surface area contributed by atoms with Crippen LogP contribution in [0.2, 0.25) is 10.2 Å². The summed E-state index contributed by atoms with van der Waals surface area (Å²) in [5.74, 6) is -0.237. The van der Waals surface area contributed by atoms with E-state index in [-0.39, 0.29) is 23.3 Å². The van der Waals surface area contributed by atoms with Crippen molar-refractivity contribution in [3.8, 4) is 0 Å². The van der Waals surface area contributed by atoms with Crippen molar-refractivity contribution in [2.24, 2.45) is 5.92 Å². The van der Waals surface area contributed by atoms with Crippen LogP contribution in [0, 0.1) is 5.92 Å². The zero-order valence-electron chi connectivity index (χ0n) is 22.9. The van der Waals surface area contributed by atoms with Gasteiger partial charge in [-0.05, 0) is 28.3 Å². The van der Waals surface area contributed by atoms with Crippen LogP contribution in [0.4, 0.5) is 0 Å². The van der Waals surface area contributed by atoms with Gasteiger partial charge < -0.3 is 13.7 Å². The highest BCUT2D eigenvalue weighted by atomic mass is 35.5. The summed E-state index contributed by atoms with van der Waals surface area (Å²) < 4.78 is 14.6. The lowest BCUT2D eigenvalue weighted by atomic mass is 9.83. The number of ether oxygens (including phenoxy) is 1. The molecule has 7 nitrogen and oxygen atoms in total. The van der Waals surface area contributed by atoms with Gasteiger partial charge in [-0.2, -0.15) is 0 Å². The molecule has 2 aromatic carbocycles. The summed E-state index contributed by atoms with van der Waals surface area (Å²) in [6.07, 6.45) is 6.03. The molecule has 1 saturated carbocycles. The summed E-state index contributed by atoms with van der Waals surface area (Å²) in [6.45, 7) is 7.32. The molecule has 9 heteroatoms. The van der Waals surface area contributed by atoms with E-state index in [1.807, 2.05) is 16.7 Å². The van der Waals surface area contributed by atoms with Crippen LogP contribution in [-0.2, 0) is 19.5 Å². The molecular weight excluding hydrogens is 528 g/mol. The first-order valence-corrected chi connectivity index (χ1v) is 15.7. The number of esters is 1. The number of hydrogen-bond acceptors (Lipinski definition) is 6. The second-order valence-corrected chi connectivity index (χ2v) is 16.0. The highest BCUT2D eigenvalue weighted by Gasteiger charge is 2.53. The Labute approximate surface area is 235 Å². The second-order valence-electron chi connectivity index (χ2n) is 11.4. The Hall–Kier alpha value is -3.07. The van der Waals surface area contributed by atoms with Gasteiger partial charge in [-0.3, -0.25) is 4.79 Å². The number of fused-ring (bicyclic) bond motifs is 1. The van der Waals surface area contributed by atoms with Crippen molar-refractivity contribution in [1.29, 1.82) is 0 Å². The molecule has 1 aliphatic rings. The summed E-state index contributed by atoms with van der Waals surface area (Å²) in [4.78, 5) is 26.0. The smallest absolute Gasteiger partial charge is 0.307 e. The van der Waals surface area contributed by atoms with Gasteiger partial charge in [-0.25, -0.2) is 15.0 Å². The van der Waals surface area contributed by atoms with E-state index in [4.69, 9.17) is 20.8 Å². The normalized spacial score (nSPS) is 19.9. The molecule has 1 fully saturated rings. The maximum Gasteiger partial charge on any atom is 0.307 e. The number of methoxy groups -OCH3 is 1. The monoisotopic (exact) mass is 562 g/mol. The second kappa shape index (κ2) is 10.8. The van der Waals surface area contributed by atoms with Crippen LogP contribution >= 0.6 is 11.6 Å². The minimum absolute atomic E-state index is 0.0318. The van der Waals surface area contributed by atoms with E-state index >= 15 is 0 Å². The highest BCUT2D eigenvalue weighted by molar-refractivity contribution is 6.99. The largest absolute Gasteiger partial charge is 0.469 e. The Kier molecular flexibility index (Phi) is 7.63. The van der Waals surface area contributed by atoms with Crippen LogP contribution in [-0.4, -0.2) is 47.5 Å². The number of halogens is 1. The molecule has 0 bridgehead atoms. The first-order valence-electron chi connectivity index (χ1n) is 13.4. The first kappa shape index (κ1) is 27.5. The van der Waals surface area contributed by atoms with E-state index in [2.05, 4.69) is 84.3 Å². The number of hydrogen-bond donors (Lipinski definition) is 0. The minimum atomic E-state index is -2.76. The third-order valence-electron chi connectivity index (χ3n) is 8.29. The minimum Gasteiger partial charge on any atom is -0.469 e. The van der Waals surface area contributed by atoms with Gasteiger partial charge in [-0.15, -0.1) is 0 Å². The lowest BCUT2D eigenvalue weighted by Crippen LogP contribution is -2.67. The Bertz CT molecular complexity index is 1400. The molecule has 0 N–H and O–H groups in total. The van der Waals surface area contributed by atoms with E-state index in [0.717, 1.165) is 19.3 Å². The number of rotatable bonds is 8. The third kappa shape index (κ3) is 4.79. The topological polar surface area (TPSA) is 79.1 Å². The third-order valence-corrected chi connectivity index (χ3v) is 13.6. The molecule has 1 aliphatic carbocycles. The van der Waals surface area contributed by atoms with E-state index < -0.39 is 13.9 Å². The average Bonchev–Trinajstić information content (AvgIpc) is 3.55. The molecule has 2 atom stereocenters. The van der Waals surface area contributed by atoms with Gasteiger partial charge in [0.25, 0.3) is 8.32 Å². The number of imidazole rings is 1. The molecule has 0 saturated heterocycles.